The van der Waals surface area contributed by atoms with Crippen LogP contribution in [0.2, 0.25) is 0 Å². The van der Waals surface area contributed by atoms with Gasteiger partial charge in [0.05, 0.1) is 12.7 Å². The monoisotopic (exact) mass is 226 g/mol. The van der Waals surface area contributed by atoms with E-state index in [1.54, 1.807) is 24.3 Å². The summed E-state index contributed by atoms with van der Waals surface area (Å²) in [7, 11) is 1.36. The molecule has 2 nitrogen and oxygen atoms in total. The number of halogens is 1. The Hall–Kier alpha value is -1.28. The predicted molar refractivity (Wildman–Crippen MR) is 63.2 cm³/mol. The maximum atomic E-state index is 11.0. The molecule has 82 valence electrons. The topological polar surface area (TPSA) is 26.3 Å². The highest BCUT2D eigenvalue weighted by atomic mass is 35.5. The molecule has 1 aromatic rings. The Morgan fingerprint density at radius 1 is 1.60 bits per heavy atom. The van der Waals surface area contributed by atoms with E-state index >= 15 is 0 Å². The van der Waals surface area contributed by atoms with Crippen LogP contribution in [0.4, 0.5) is 0 Å². The molecule has 0 radical (unpaired) electrons. The summed E-state index contributed by atoms with van der Waals surface area (Å²) in [6, 6.07) is 7.06. The first-order valence-corrected chi connectivity index (χ1v) is 5.03. The summed E-state index contributed by atoms with van der Waals surface area (Å²) in [4.78, 5) is 11.0. The van der Waals surface area contributed by atoms with Gasteiger partial charge in [-0.05, 0) is 24.6 Å². The van der Waals surface area contributed by atoms with Crippen LogP contribution in [0.5, 0.6) is 0 Å². The number of rotatable bonds is 2. The van der Waals surface area contributed by atoms with E-state index in [4.69, 9.17) is 11.6 Å². The lowest BCUT2D eigenvalue weighted by molar-refractivity contribution is 0.0600. The third-order valence-corrected chi connectivity index (χ3v) is 1.81. The number of esters is 1. The van der Waals surface area contributed by atoms with Crippen LogP contribution in [0.15, 0.2) is 36.9 Å². The van der Waals surface area contributed by atoms with Gasteiger partial charge < -0.3 is 4.74 Å². The number of ether oxygens (including phenoxy) is 1. The van der Waals surface area contributed by atoms with Gasteiger partial charge in [-0.3, -0.25) is 0 Å². The maximum absolute atomic E-state index is 11.0. The van der Waals surface area contributed by atoms with Crippen LogP contribution in [-0.4, -0.2) is 13.1 Å². The molecule has 0 fully saturated rings. The van der Waals surface area contributed by atoms with Crippen molar-refractivity contribution >= 4 is 17.6 Å². The Labute approximate surface area is 95.5 Å². The Balaban J connectivity index is 0.000000583. The van der Waals surface area contributed by atoms with E-state index in [-0.39, 0.29) is 5.97 Å². The molecule has 0 amide bonds. The number of alkyl halides is 1. The van der Waals surface area contributed by atoms with Crippen molar-refractivity contribution < 1.29 is 9.53 Å². The number of allylic oxidation sites excluding steroid dienone is 1. The molecule has 0 bridgehead atoms. The fourth-order valence-electron chi connectivity index (χ4n) is 0.899. The fourth-order valence-corrected chi connectivity index (χ4v) is 1.07. The molecule has 0 saturated carbocycles. The minimum atomic E-state index is -0.332. The molecule has 0 spiro atoms. The first-order valence-electron chi connectivity index (χ1n) is 4.49. The highest BCUT2D eigenvalue weighted by molar-refractivity contribution is 6.17. The molecular weight excluding hydrogens is 212 g/mol. The van der Waals surface area contributed by atoms with Crippen molar-refractivity contribution in [3.05, 3.63) is 48.0 Å². The molecule has 0 saturated heterocycles. The molecule has 1 aromatic carbocycles. The zero-order valence-electron chi connectivity index (χ0n) is 9.00. The molecule has 0 aliphatic rings. The summed E-state index contributed by atoms with van der Waals surface area (Å²) < 4.78 is 4.55. The van der Waals surface area contributed by atoms with Crippen LogP contribution in [-0.2, 0) is 10.6 Å². The van der Waals surface area contributed by atoms with Crippen molar-refractivity contribution in [2.24, 2.45) is 0 Å². The van der Waals surface area contributed by atoms with E-state index in [0.29, 0.717) is 11.4 Å². The summed E-state index contributed by atoms with van der Waals surface area (Å²) in [5.74, 6) is 0.0761. The van der Waals surface area contributed by atoms with Crippen LogP contribution in [0, 0.1) is 0 Å². The molecule has 0 aromatic heterocycles. The Kier molecular flexibility index (Phi) is 7.38. The lowest BCUT2D eigenvalue weighted by Gasteiger charge is -1.99. The van der Waals surface area contributed by atoms with Crippen LogP contribution < -0.4 is 0 Å². The highest BCUT2D eigenvalue weighted by Gasteiger charge is 2.04. The zero-order valence-corrected chi connectivity index (χ0v) is 9.75. The van der Waals surface area contributed by atoms with Crippen LogP contribution >= 0.6 is 11.6 Å². The Morgan fingerprint density at radius 3 is 2.67 bits per heavy atom. The van der Waals surface area contributed by atoms with Gasteiger partial charge in [0.1, 0.15) is 0 Å². The van der Waals surface area contributed by atoms with Gasteiger partial charge >= 0.3 is 5.97 Å². The summed E-state index contributed by atoms with van der Waals surface area (Å²) >= 11 is 5.59. The molecule has 15 heavy (non-hydrogen) atoms. The molecule has 0 N–H and O–H groups in total. The van der Waals surface area contributed by atoms with Gasteiger partial charge in [-0.1, -0.05) is 18.2 Å². The maximum Gasteiger partial charge on any atom is 0.337 e. The van der Waals surface area contributed by atoms with Gasteiger partial charge in [0.15, 0.2) is 0 Å². The summed E-state index contributed by atoms with van der Waals surface area (Å²) in [6.45, 7) is 5.25. The van der Waals surface area contributed by atoms with Gasteiger partial charge in [-0.15, -0.1) is 18.2 Å². The average Bonchev–Trinajstić information content (AvgIpc) is 2.29. The summed E-state index contributed by atoms with van der Waals surface area (Å²) in [6.07, 6.45) is 1.75. The lowest BCUT2D eigenvalue weighted by atomic mass is 10.1. The SMILES string of the molecule is C=CC.COC(=O)c1cccc(CCl)c1. The predicted octanol–water partition coefficient (Wildman–Crippen LogP) is 3.40. The molecule has 1 rings (SSSR count). The molecule has 0 aliphatic carbocycles. The number of methoxy groups -OCH3 is 1. The van der Waals surface area contributed by atoms with Gasteiger partial charge in [0.25, 0.3) is 0 Å². The number of benzene rings is 1. The molecule has 0 atom stereocenters. The minimum Gasteiger partial charge on any atom is -0.465 e. The Morgan fingerprint density at radius 2 is 2.20 bits per heavy atom. The van der Waals surface area contributed by atoms with Crippen molar-refractivity contribution in [3.8, 4) is 0 Å². The summed E-state index contributed by atoms with van der Waals surface area (Å²) in [5, 5.41) is 0. The van der Waals surface area contributed by atoms with Gasteiger partial charge in [0.2, 0.25) is 0 Å². The van der Waals surface area contributed by atoms with Gasteiger partial charge in [0, 0.05) is 5.88 Å². The number of hydrogen-bond donors (Lipinski definition) is 0. The first kappa shape index (κ1) is 13.7. The van der Waals surface area contributed by atoms with E-state index in [2.05, 4.69) is 11.3 Å². The van der Waals surface area contributed by atoms with Crippen LogP contribution in [0.25, 0.3) is 0 Å². The second-order valence-corrected chi connectivity index (χ2v) is 3.00. The van der Waals surface area contributed by atoms with Crippen molar-refractivity contribution in [2.75, 3.05) is 7.11 Å². The standard InChI is InChI=1S/C9H9ClO2.C3H6/c1-12-9(11)8-4-2-3-7(5-8)6-10;1-3-2/h2-5H,6H2,1H3;3H,1H2,2H3. The Bertz CT molecular complexity index is 321. The smallest absolute Gasteiger partial charge is 0.337 e. The molecule has 0 heterocycles. The normalized spacial score (nSPS) is 8.47. The highest BCUT2D eigenvalue weighted by Crippen LogP contribution is 2.08. The van der Waals surface area contributed by atoms with Crippen LogP contribution in [0.3, 0.4) is 0 Å². The molecular formula is C12H15ClO2. The molecule has 0 aliphatic heterocycles. The van der Waals surface area contributed by atoms with E-state index in [0.717, 1.165) is 5.56 Å². The second-order valence-electron chi connectivity index (χ2n) is 2.73. The lowest BCUT2D eigenvalue weighted by Crippen LogP contribution is -2.00. The van der Waals surface area contributed by atoms with E-state index < -0.39 is 0 Å². The number of hydrogen-bond acceptors (Lipinski definition) is 2. The average molecular weight is 227 g/mol. The van der Waals surface area contributed by atoms with E-state index in [1.165, 1.54) is 7.11 Å². The number of carbonyl (C=O) groups excluding carboxylic acids is 1. The first-order chi connectivity index (χ1) is 7.19. The van der Waals surface area contributed by atoms with E-state index in [1.807, 2.05) is 13.0 Å². The third-order valence-electron chi connectivity index (χ3n) is 1.50. The fraction of sp³-hybridized carbons (Fsp3) is 0.250. The second kappa shape index (κ2) is 8.06. The van der Waals surface area contributed by atoms with Crippen molar-refractivity contribution in [1.82, 2.24) is 0 Å². The van der Waals surface area contributed by atoms with Crippen molar-refractivity contribution in [1.29, 1.82) is 0 Å². The van der Waals surface area contributed by atoms with Gasteiger partial charge in [-0.2, -0.15) is 0 Å². The van der Waals surface area contributed by atoms with Crippen LogP contribution in [0.1, 0.15) is 22.8 Å². The van der Waals surface area contributed by atoms with E-state index in [9.17, 15) is 4.79 Å². The zero-order chi connectivity index (χ0) is 11.7. The quantitative estimate of drug-likeness (QED) is 0.439. The van der Waals surface area contributed by atoms with Crippen molar-refractivity contribution in [2.45, 2.75) is 12.8 Å². The largest absolute Gasteiger partial charge is 0.465 e. The minimum absolute atomic E-state index is 0.332. The molecule has 0 unspecified atom stereocenters. The van der Waals surface area contributed by atoms with Gasteiger partial charge in [-0.25, -0.2) is 4.79 Å². The summed E-state index contributed by atoms with van der Waals surface area (Å²) in [5.41, 5.74) is 1.45. The molecule has 3 heteroatoms. The number of carbonyl (C=O) groups is 1. The third kappa shape index (κ3) is 5.23. The van der Waals surface area contributed by atoms with Crippen molar-refractivity contribution in [3.63, 3.8) is 0 Å².